The van der Waals surface area contributed by atoms with Crippen LogP contribution in [-0.4, -0.2) is 43.7 Å². The maximum absolute atomic E-state index is 5.51. The zero-order valence-corrected chi connectivity index (χ0v) is 9.97. The molecule has 2 aliphatic rings. The average Bonchev–Trinajstić information content (AvgIpc) is 2.32. The molecule has 15 heavy (non-hydrogen) atoms. The van der Waals surface area contributed by atoms with E-state index in [2.05, 4.69) is 11.8 Å². The summed E-state index contributed by atoms with van der Waals surface area (Å²) in [5.41, 5.74) is 0. The summed E-state index contributed by atoms with van der Waals surface area (Å²) in [7, 11) is 0. The first-order valence-electron chi connectivity index (χ1n) is 5.88. The molecule has 0 amide bonds. The Balaban J connectivity index is 1.53. The Morgan fingerprint density at radius 3 is 2.47 bits per heavy atom. The van der Waals surface area contributed by atoms with Crippen LogP contribution >= 0.6 is 11.8 Å². The SMILES string of the molecule is C1COC(CCSC2CCOCC2)OC1. The fourth-order valence-corrected chi connectivity index (χ4v) is 3.06. The van der Waals surface area contributed by atoms with Crippen LogP contribution in [-0.2, 0) is 14.2 Å². The Morgan fingerprint density at radius 2 is 1.73 bits per heavy atom. The van der Waals surface area contributed by atoms with Gasteiger partial charge in [0.05, 0.1) is 13.2 Å². The summed E-state index contributed by atoms with van der Waals surface area (Å²) >= 11 is 2.05. The highest BCUT2D eigenvalue weighted by Crippen LogP contribution is 2.23. The molecule has 88 valence electrons. The topological polar surface area (TPSA) is 27.7 Å². The van der Waals surface area contributed by atoms with Crippen LogP contribution < -0.4 is 0 Å². The number of hydrogen-bond donors (Lipinski definition) is 0. The van der Waals surface area contributed by atoms with Crippen molar-refractivity contribution in [1.82, 2.24) is 0 Å². The molecule has 0 aromatic carbocycles. The van der Waals surface area contributed by atoms with Crippen LogP contribution in [0.15, 0.2) is 0 Å². The van der Waals surface area contributed by atoms with Crippen molar-refractivity contribution in [1.29, 1.82) is 0 Å². The van der Waals surface area contributed by atoms with E-state index in [0.29, 0.717) is 0 Å². The molecule has 4 heteroatoms. The Bertz CT molecular complexity index is 147. The van der Waals surface area contributed by atoms with Crippen molar-refractivity contribution in [2.75, 3.05) is 32.2 Å². The molecule has 0 spiro atoms. The first-order valence-corrected chi connectivity index (χ1v) is 6.92. The van der Waals surface area contributed by atoms with Crippen molar-refractivity contribution in [2.45, 2.75) is 37.2 Å². The maximum atomic E-state index is 5.51. The highest BCUT2D eigenvalue weighted by atomic mass is 32.2. The molecule has 3 nitrogen and oxygen atoms in total. The minimum absolute atomic E-state index is 0.0612. The first kappa shape index (κ1) is 11.7. The normalized spacial score (nSPS) is 25.6. The Hall–Kier alpha value is 0.230. The maximum Gasteiger partial charge on any atom is 0.158 e. The second-order valence-electron chi connectivity index (χ2n) is 4.00. The van der Waals surface area contributed by atoms with Crippen molar-refractivity contribution in [3.8, 4) is 0 Å². The zero-order valence-electron chi connectivity index (χ0n) is 9.15. The molecule has 0 N–H and O–H groups in total. The summed E-state index contributed by atoms with van der Waals surface area (Å²) in [6.45, 7) is 3.61. The molecule has 0 aliphatic carbocycles. The van der Waals surface area contributed by atoms with Gasteiger partial charge in [-0.2, -0.15) is 11.8 Å². The molecule has 0 bridgehead atoms. The molecular formula is C11H20O3S. The lowest BCUT2D eigenvalue weighted by atomic mass is 10.2. The highest BCUT2D eigenvalue weighted by molar-refractivity contribution is 7.99. The van der Waals surface area contributed by atoms with Crippen molar-refractivity contribution >= 4 is 11.8 Å². The van der Waals surface area contributed by atoms with Crippen LogP contribution in [0.4, 0.5) is 0 Å². The van der Waals surface area contributed by atoms with Crippen molar-refractivity contribution in [3.05, 3.63) is 0 Å². The third-order valence-electron chi connectivity index (χ3n) is 2.77. The second kappa shape index (κ2) is 6.74. The fourth-order valence-electron chi connectivity index (χ4n) is 1.88. The Labute approximate surface area is 95.8 Å². The van der Waals surface area contributed by atoms with Gasteiger partial charge in [0, 0.05) is 24.9 Å². The molecule has 0 aromatic rings. The van der Waals surface area contributed by atoms with Gasteiger partial charge in [-0.3, -0.25) is 0 Å². The summed E-state index contributed by atoms with van der Waals surface area (Å²) in [4.78, 5) is 0. The van der Waals surface area contributed by atoms with Gasteiger partial charge in [0.2, 0.25) is 0 Å². The van der Waals surface area contributed by atoms with Gasteiger partial charge in [-0.25, -0.2) is 0 Å². The van der Waals surface area contributed by atoms with Crippen LogP contribution in [0.1, 0.15) is 25.7 Å². The monoisotopic (exact) mass is 232 g/mol. The van der Waals surface area contributed by atoms with Crippen LogP contribution in [0.5, 0.6) is 0 Å². The molecule has 2 saturated heterocycles. The van der Waals surface area contributed by atoms with Gasteiger partial charge in [0.15, 0.2) is 6.29 Å². The quantitative estimate of drug-likeness (QED) is 0.741. The molecule has 0 unspecified atom stereocenters. The molecule has 2 heterocycles. The minimum atomic E-state index is 0.0612. The van der Waals surface area contributed by atoms with Crippen LogP contribution in [0, 0.1) is 0 Å². The smallest absolute Gasteiger partial charge is 0.158 e. The third kappa shape index (κ3) is 4.31. The predicted octanol–water partition coefficient (Wildman–Crippen LogP) is 2.05. The van der Waals surface area contributed by atoms with E-state index in [9.17, 15) is 0 Å². The van der Waals surface area contributed by atoms with Crippen LogP contribution in [0.2, 0.25) is 0 Å². The van der Waals surface area contributed by atoms with E-state index >= 15 is 0 Å². The van der Waals surface area contributed by atoms with E-state index < -0.39 is 0 Å². The number of hydrogen-bond acceptors (Lipinski definition) is 4. The molecule has 2 rings (SSSR count). The summed E-state index contributed by atoms with van der Waals surface area (Å²) in [6.07, 6.45) is 4.55. The highest BCUT2D eigenvalue weighted by Gasteiger charge is 2.17. The third-order valence-corrected chi connectivity index (χ3v) is 4.19. The molecular weight excluding hydrogens is 212 g/mol. The van der Waals surface area contributed by atoms with Gasteiger partial charge in [-0.1, -0.05) is 0 Å². The molecule has 0 saturated carbocycles. The largest absolute Gasteiger partial charge is 0.381 e. The van der Waals surface area contributed by atoms with E-state index in [1.54, 1.807) is 0 Å². The van der Waals surface area contributed by atoms with E-state index in [-0.39, 0.29) is 6.29 Å². The fraction of sp³-hybridized carbons (Fsp3) is 1.00. The number of ether oxygens (including phenoxy) is 3. The summed E-state index contributed by atoms with van der Waals surface area (Å²) in [5, 5.41) is 0.794. The van der Waals surface area contributed by atoms with E-state index in [1.165, 1.54) is 12.8 Å². The van der Waals surface area contributed by atoms with Crippen LogP contribution in [0.3, 0.4) is 0 Å². The van der Waals surface area contributed by atoms with Gasteiger partial charge >= 0.3 is 0 Å². The minimum Gasteiger partial charge on any atom is -0.381 e. The Morgan fingerprint density at radius 1 is 1.00 bits per heavy atom. The van der Waals surface area contributed by atoms with Crippen LogP contribution in [0.25, 0.3) is 0 Å². The average molecular weight is 232 g/mol. The van der Waals surface area contributed by atoms with Gasteiger partial charge in [0.25, 0.3) is 0 Å². The molecule has 0 radical (unpaired) electrons. The first-order chi connectivity index (χ1) is 7.45. The zero-order chi connectivity index (χ0) is 10.3. The second-order valence-corrected chi connectivity index (χ2v) is 5.40. The van der Waals surface area contributed by atoms with Crippen molar-refractivity contribution in [2.24, 2.45) is 0 Å². The standard InChI is InChI=1S/C11H20O3S/c1-5-13-11(14-6-1)4-9-15-10-2-7-12-8-3-10/h10-11H,1-9H2. The number of rotatable bonds is 4. The lowest BCUT2D eigenvalue weighted by Gasteiger charge is -2.25. The summed E-state index contributed by atoms with van der Waals surface area (Å²) in [6, 6.07) is 0. The Kier molecular flexibility index (Phi) is 5.26. The molecule has 0 atom stereocenters. The molecule has 0 aromatic heterocycles. The van der Waals surface area contributed by atoms with Gasteiger partial charge in [-0.05, 0) is 25.0 Å². The van der Waals surface area contributed by atoms with E-state index in [0.717, 1.165) is 50.3 Å². The van der Waals surface area contributed by atoms with Crippen molar-refractivity contribution in [3.63, 3.8) is 0 Å². The summed E-state index contributed by atoms with van der Waals surface area (Å²) < 4.78 is 16.3. The van der Waals surface area contributed by atoms with E-state index in [4.69, 9.17) is 14.2 Å². The molecule has 2 fully saturated rings. The van der Waals surface area contributed by atoms with Gasteiger partial charge in [-0.15, -0.1) is 0 Å². The number of thioether (sulfide) groups is 1. The predicted molar refractivity (Wildman–Crippen MR) is 61.2 cm³/mol. The molecule has 2 aliphatic heterocycles. The summed E-state index contributed by atoms with van der Waals surface area (Å²) in [5.74, 6) is 1.15. The van der Waals surface area contributed by atoms with Gasteiger partial charge < -0.3 is 14.2 Å². The lowest BCUT2D eigenvalue weighted by Crippen LogP contribution is -2.26. The lowest BCUT2D eigenvalue weighted by molar-refractivity contribution is -0.178. The van der Waals surface area contributed by atoms with Gasteiger partial charge in [0.1, 0.15) is 0 Å². The van der Waals surface area contributed by atoms with Crippen molar-refractivity contribution < 1.29 is 14.2 Å². The van der Waals surface area contributed by atoms with E-state index in [1.807, 2.05) is 0 Å².